The lowest BCUT2D eigenvalue weighted by atomic mass is 10.1. The van der Waals surface area contributed by atoms with Crippen molar-refractivity contribution in [3.8, 4) is 0 Å². The molecular formula is C23H22O5S. The minimum Gasteiger partial charge on any atom is -0.462 e. The average Bonchev–Trinajstić information content (AvgIpc) is 2.75. The molecule has 0 bridgehead atoms. The van der Waals surface area contributed by atoms with Crippen LogP contribution in [-0.2, 0) is 25.5 Å². The Hall–Kier alpha value is -2.96. The SMILES string of the molecule is O=C(OCCC(Cc1ccccc1)OS(=O)(=O)c1ccccc1)c1ccccc1. The summed E-state index contributed by atoms with van der Waals surface area (Å²) in [6.45, 7) is 0.0511. The fraction of sp³-hybridized carbons (Fsp3) is 0.174. The molecule has 150 valence electrons. The maximum atomic E-state index is 12.6. The predicted octanol–water partition coefficient (Wildman–Crippen LogP) is 4.25. The third kappa shape index (κ3) is 6.27. The Morgan fingerprint density at radius 1 is 0.793 bits per heavy atom. The van der Waals surface area contributed by atoms with E-state index in [0.717, 1.165) is 5.56 Å². The number of hydrogen-bond donors (Lipinski definition) is 0. The summed E-state index contributed by atoms with van der Waals surface area (Å²) in [7, 11) is -3.92. The molecule has 6 heteroatoms. The molecule has 3 aromatic rings. The van der Waals surface area contributed by atoms with Crippen molar-refractivity contribution in [1.82, 2.24) is 0 Å². The molecule has 0 heterocycles. The van der Waals surface area contributed by atoms with Gasteiger partial charge in [0.2, 0.25) is 0 Å². The number of esters is 1. The molecule has 5 nitrogen and oxygen atoms in total. The molecule has 0 saturated carbocycles. The van der Waals surface area contributed by atoms with Gasteiger partial charge < -0.3 is 4.74 Å². The van der Waals surface area contributed by atoms with Gasteiger partial charge in [-0.15, -0.1) is 0 Å². The third-order valence-electron chi connectivity index (χ3n) is 4.28. The summed E-state index contributed by atoms with van der Waals surface area (Å²) in [6.07, 6.45) is -0.0267. The Kier molecular flexibility index (Phi) is 7.16. The summed E-state index contributed by atoms with van der Waals surface area (Å²) in [5, 5.41) is 0. The molecule has 0 radical (unpaired) electrons. The predicted molar refractivity (Wildman–Crippen MR) is 110 cm³/mol. The van der Waals surface area contributed by atoms with Crippen molar-refractivity contribution in [2.45, 2.75) is 23.8 Å². The smallest absolute Gasteiger partial charge is 0.338 e. The summed E-state index contributed by atoms with van der Waals surface area (Å²) in [6, 6.07) is 26.1. The molecule has 0 fully saturated rings. The first kappa shape index (κ1) is 20.8. The van der Waals surface area contributed by atoms with Gasteiger partial charge in [0.15, 0.2) is 0 Å². The van der Waals surface area contributed by atoms with E-state index in [1.165, 1.54) is 12.1 Å². The molecule has 1 unspecified atom stereocenters. The first-order valence-corrected chi connectivity index (χ1v) is 10.7. The van der Waals surface area contributed by atoms with Gasteiger partial charge in [0, 0.05) is 12.8 Å². The van der Waals surface area contributed by atoms with Gasteiger partial charge in [0.05, 0.1) is 23.2 Å². The van der Waals surface area contributed by atoms with Crippen molar-refractivity contribution >= 4 is 16.1 Å². The Labute approximate surface area is 171 Å². The van der Waals surface area contributed by atoms with E-state index < -0.39 is 22.2 Å². The molecule has 3 rings (SSSR count). The van der Waals surface area contributed by atoms with Gasteiger partial charge in [0.1, 0.15) is 0 Å². The van der Waals surface area contributed by atoms with Gasteiger partial charge in [-0.3, -0.25) is 4.18 Å². The molecule has 0 spiro atoms. The highest BCUT2D eigenvalue weighted by molar-refractivity contribution is 7.86. The Bertz CT molecular complexity index is 1000. The highest BCUT2D eigenvalue weighted by Gasteiger charge is 2.22. The monoisotopic (exact) mass is 410 g/mol. The van der Waals surface area contributed by atoms with Crippen molar-refractivity contribution in [2.75, 3.05) is 6.61 Å². The molecule has 0 aliphatic carbocycles. The fourth-order valence-corrected chi connectivity index (χ4v) is 3.95. The second-order valence-corrected chi connectivity index (χ2v) is 8.04. The average molecular weight is 410 g/mol. The van der Waals surface area contributed by atoms with Crippen LogP contribution in [0.4, 0.5) is 0 Å². The van der Waals surface area contributed by atoms with Crippen LogP contribution < -0.4 is 0 Å². The number of carbonyl (C=O) groups excluding carboxylic acids is 1. The standard InChI is InChI=1S/C23H22O5S/c24-23(20-12-6-2-7-13-20)27-17-16-21(18-19-10-4-1-5-11-19)28-29(25,26)22-14-8-3-9-15-22/h1-15,21H,16-18H2. The molecular weight excluding hydrogens is 388 g/mol. The largest absolute Gasteiger partial charge is 0.462 e. The van der Waals surface area contributed by atoms with Crippen LogP contribution in [0, 0.1) is 0 Å². The van der Waals surface area contributed by atoms with E-state index >= 15 is 0 Å². The number of hydrogen-bond acceptors (Lipinski definition) is 5. The third-order valence-corrected chi connectivity index (χ3v) is 5.66. The van der Waals surface area contributed by atoms with Crippen molar-refractivity contribution in [1.29, 1.82) is 0 Å². The summed E-state index contributed by atoms with van der Waals surface area (Å²) in [5.74, 6) is -0.449. The topological polar surface area (TPSA) is 69.7 Å². The van der Waals surface area contributed by atoms with Gasteiger partial charge >= 0.3 is 5.97 Å². The van der Waals surface area contributed by atoms with Crippen LogP contribution in [0.25, 0.3) is 0 Å². The zero-order valence-electron chi connectivity index (χ0n) is 15.8. The summed E-state index contributed by atoms with van der Waals surface area (Å²) >= 11 is 0. The van der Waals surface area contributed by atoms with Crippen LogP contribution in [0.15, 0.2) is 95.9 Å². The zero-order valence-corrected chi connectivity index (χ0v) is 16.6. The summed E-state index contributed by atoms with van der Waals surface area (Å²) in [5.41, 5.74) is 1.39. The summed E-state index contributed by atoms with van der Waals surface area (Å²) in [4.78, 5) is 12.2. The quantitative estimate of drug-likeness (QED) is 0.390. The van der Waals surface area contributed by atoms with E-state index in [1.807, 2.05) is 36.4 Å². The van der Waals surface area contributed by atoms with Crippen molar-refractivity contribution in [3.05, 3.63) is 102 Å². The van der Waals surface area contributed by atoms with Crippen LogP contribution in [0.5, 0.6) is 0 Å². The number of rotatable bonds is 9. The van der Waals surface area contributed by atoms with E-state index in [0.29, 0.717) is 12.0 Å². The maximum absolute atomic E-state index is 12.6. The van der Waals surface area contributed by atoms with Crippen LogP contribution in [0.2, 0.25) is 0 Å². The highest BCUT2D eigenvalue weighted by atomic mass is 32.2. The van der Waals surface area contributed by atoms with E-state index in [9.17, 15) is 13.2 Å². The number of carbonyl (C=O) groups is 1. The van der Waals surface area contributed by atoms with E-state index in [1.54, 1.807) is 42.5 Å². The molecule has 0 aliphatic rings. The minimum absolute atomic E-state index is 0.0511. The molecule has 0 amide bonds. The molecule has 29 heavy (non-hydrogen) atoms. The first-order chi connectivity index (χ1) is 14.0. The van der Waals surface area contributed by atoms with Crippen LogP contribution in [0.1, 0.15) is 22.3 Å². The van der Waals surface area contributed by atoms with Crippen molar-refractivity contribution < 1.29 is 22.1 Å². The molecule has 3 aromatic carbocycles. The second-order valence-electron chi connectivity index (χ2n) is 6.47. The second kappa shape index (κ2) is 10.0. The van der Waals surface area contributed by atoms with Gasteiger partial charge in [0.25, 0.3) is 10.1 Å². The van der Waals surface area contributed by atoms with Crippen molar-refractivity contribution in [3.63, 3.8) is 0 Å². The molecule has 0 aromatic heterocycles. The highest BCUT2D eigenvalue weighted by Crippen LogP contribution is 2.18. The Balaban J connectivity index is 1.67. The zero-order chi connectivity index (χ0) is 20.5. The van der Waals surface area contributed by atoms with Crippen molar-refractivity contribution in [2.24, 2.45) is 0 Å². The van der Waals surface area contributed by atoms with Gasteiger partial charge in [-0.05, 0) is 29.8 Å². The normalized spacial score (nSPS) is 12.3. The van der Waals surface area contributed by atoms with E-state index in [4.69, 9.17) is 8.92 Å². The van der Waals surface area contributed by atoms with E-state index in [2.05, 4.69) is 0 Å². The Morgan fingerprint density at radius 3 is 1.97 bits per heavy atom. The lowest BCUT2D eigenvalue weighted by Gasteiger charge is -2.18. The van der Waals surface area contributed by atoms with E-state index in [-0.39, 0.29) is 17.9 Å². The first-order valence-electron chi connectivity index (χ1n) is 9.29. The molecule has 0 aliphatic heterocycles. The minimum atomic E-state index is -3.92. The van der Waals surface area contributed by atoms with Gasteiger partial charge in [-0.25, -0.2) is 4.79 Å². The number of ether oxygens (including phenoxy) is 1. The van der Waals surface area contributed by atoms with Gasteiger partial charge in [-0.1, -0.05) is 66.7 Å². The molecule has 0 N–H and O–H groups in total. The van der Waals surface area contributed by atoms with Gasteiger partial charge in [-0.2, -0.15) is 8.42 Å². The fourth-order valence-electron chi connectivity index (χ4n) is 2.82. The van der Waals surface area contributed by atoms with Crippen LogP contribution in [0.3, 0.4) is 0 Å². The van der Waals surface area contributed by atoms with Crippen LogP contribution >= 0.6 is 0 Å². The number of benzene rings is 3. The lowest BCUT2D eigenvalue weighted by molar-refractivity contribution is 0.0452. The molecule has 0 saturated heterocycles. The lowest BCUT2D eigenvalue weighted by Crippen LogP contribution is -2.23. The summed E-state index contributed by atoms with van der Waals surface area (Å²) < 4.78 is 36.0. The Morgan fingerprint density at radius 2 is 1.34 bits per heavy atom. The van der Waals surface area contributed by atoms with Crippen LogP contribution in [-0.4, -0.2) is 27.1 Å². The maximum Gasteiger partial charge on any atom is 0.338 e. The molecule has 1 atom stereocenters.